The number of carboxylic acid groups (broad SMARTS) is 1. The SMILES string of the molecule is CCCCCOCCSCCCCCCCCC(=O)O. The van der Waals surface area contributed by atoms with Gasteiger partial charge in [-0.2, -0.15) is 11.8 Å². The maximum atomic E-state index is 10.3. The van der Waals surface area contributed by atoms with Gasteiger partial charge in [-0.15, -0.1) is 0 Å². The Morgan fingerprint density at radius 1 is 0.900 bits per heavy atom. The van der Waals surface area contributed by atoms with E-state index in [0.29, 0.717) is 6.42 Å². The Morgan fingerprint density at radius 2 is 1.60 bits per heavy atom. The summed E-state index contributed by atoms with van der Waals surface area (Å²) in [6, 6.07) is 0. The van der Waals surface area contributed by atoms with Crippen LogP contribution < -0.4 is 0 Å². The molecule has 3 nitrogen and oxygen atoms in total. The average Bonchev–Trinajstić information content (AvgIpc) is 2.43. The molecule has 0 saturated heterocycles. The molecule has 0 rings (SSSR count). The Kier molecular flexibility index (Phi) is 16.6. The molecule has 0 aliphatic carbocycles. The summed E-state index contributed by atoms with van der Waals surface area (Å²) in [5.74, 6) is 1.68. The van der Waals surface area contributed by atoms with Gasteiger partial charge in [-0.1, -0.05) is 45.4 Å². The molecule has 0 aliphatic rings. The fourth-order valence-electron chi connectivity index (χ4n) is 1.96. The maximum Gasteiger partial charge on any atom is 0.303 e. The molecular formula is C16H32O3S. The molecule has 0 saturated carbocycles. The van der Waals surface area contributed by atoms with E-state index >= 15 is 0 Å². The van der Waals surface area contributed by atoms with Crippen LogP contribution in [0, 0.1) is 0 Å². The van der Waals surface area contributed by atoms with Crippen LogP contribution in [0.25, 0.3) is 0 Å². The summed E-state index contributed by atoms with van der Waals surface area (Å²) in [7, 11) is 0. The Labute approximate surface area is 128 Å². The van der Waals surface area contributed by atoms with Crippen LogP contribution in [0.3, 0.4) is 0 Å². The third-order valence-electron chi connectivity index (χ3n) is 3.19. The van der Waals surface area contributed by atoms with Crippen molar-refractivity contribution in [3.05, 3.63) is 0 Å². The van der Waals surface area contributed by atoms with Gasteiger partial charge < -0.3 is 9.84 Å². The standard InChI is InChI=1S/C16H32O3S/c1-2-3-9-12-19-13-15-20-14-10-7-5-4-6-8-11-16(17)18/h2-15H2,1H3,(H,17,18). The van der Waals surface area contributed by atoms with Crippen LogP contribution in [0.15, 0.2) is 0 Å². The van der Waals surface area contributed by atoms with Crippen molar-refractivity contribution in [1.82, 2.24) is 0 Å². The number of carboxylic acids is 1. The summed E-state index contributed by atoms with van der Waals surface area (Å²) in [6.45, 7) is 4.02. The molecule has 0 aromatic heterocycles. The molecule has 0 bridgehead atoms. The Balaban J connectivity index is 2.94. The third-order valence-corrected chi connectivity index (χ3v) is 4.23. The minimum Gasteiger partial charge on any atom is -0.481 e. The van der Waals surface area contributed by atoms with E-state index in [1.54, 1.807) is 0 Å². The lowest BCUT2D eigenvalue weighted by Gasteiger charge is -2.04. The second-order valence-corrected chi connectivity index (χ2v) is 6.42. The molecular weight excluding hydrogens is 272 g/mol. The van der Waals surface area contributed by atoms with E-state index in [0.717, 1.165) is 31.8 Å². The van der Waals surface area contributed by atoms with Crippen molar-refractivity contribution in [3.8, 4) is 0 Å². The fourth-order valence-corrected chi connectivity index (χ4v) is 2.81. The monoisotopic (exact) mass is 304 g/mol. The summed E-state index contributed by atoms with van der Waals surface area (Å²) in [5.41, 5.74) is 0. The lowest BCUT2D eigenvalue weighted by atomic mass is 10.1. The highest BCUT2D eigenvalue weighted by atomic mass is 32.2. The number of rotatable bonds is 16. The first-order valence-electron chi connectivity index (χ1n) is 8.14. The molecule has 20 heavy (non-hydrogen) atoms. The number of thioether (sulfide) groups is 1. The zero-order valence-corrected chi connectivity index (χ0v) is 13.9. The summed E-state index contributed by atoms with van der Waals surface area (Å²) < 4.78 is 5.56. The van der Waals surface area contributed by atoms with Crippen molar-refractivity contribution in [3.63, 3.8) is 0 Å². The van der Waals surface area contributed by atoms with E-state index in [9.17, 15) is 4.79 Å². The van der Waals surface area contributed by atoms with E-state index in [1.807, 2.05) is 11.8 Å². The van der Waals surface area contributed by atoms with E-state index in [1.165, 1.54) is 50.7 Å². The first-order valence-corrected chi connectivity index (χ1v) is 9.30. The largest absolute Gasteiger partial charge is 0.481 e. The number of aliphatic carboxylic acids is 1. The molecule has 0 aromatic rings. The minimum atomic E-state index is -0.668. The highest BCUT2D eigenvalue weighted by Crippen LogP contribution is 2.10. The van der Waals surface area contributed by atoms with Crippen molar-refractivity contribution in [2.75, 3.05) is 24.7 Å². The van der Waals surface area contributed by atoms with Gasteiger partial charge >= 0.3 is 5.97 Å². The van der Waals surface area contributed by atoms with E-state index in [-0.39, 0.29) is 0 Å². The maximum absolute atomic E-state index is 10.3. The second-order valence-electron chi connectivity index (χ2n) is 5.20. The van der Waals surface area contributed by atoms with Crippen molar-refractivity contribution in [1.29, 1.82) is 0 Å². The van der Waals surface area contributed by atoms with Gasteiger partial charge in [0.1, 0.15) is 0 Å². The predicted molar refractivity (Wildman–Crippen MR) is 87.6 cm³/mol. The normalized spacial score (nSPS) is 10.8. The van der Waals surface area contributed by atoms with E-state index in [4.69, 9.17) is 9.84 Å². The van der Waals surface area contributed by atoms with Gasteiger partial charge in [0.05, 0.1) is 6.61 Å². The van der Waals surface area contributed by atoms with E-state index in [2.05, 4.69) is 6.92 Å². The van der Waals surface area contributed by atoms with Gasteiger partial charge in [0.25, 0.3) is 0 Å². The number of carbonyl (C=O) groups is 1. The number of hydrogen-bond donors (Lipinski definition) is 1. The average molecular weight is 304 g/mol. The molecule has 120 valence electrons. The van der Waals surface area contributed by atoms with E-state index < -0.39 is 5.97 Å². The van der Waals surface area contributed by atoms with Crippen LogP contribution in [-0.4, -0.2) is 35.8 Å². The van der Waals surface area contributed by atoms with Crippen molar-refractivity contribution in [2.24, 2.45) is 0 Å². The highest BCUT2D eigenvalue weighted by molar-refractivity contribution is 7.99. The minimum absolute atomic E-state index is 0.327. The highest BCUT2D eigenvalue weighted by Gasteiger charge is 1.97. The van der Waals surface area contributed by atoms with Gasteiger partial charge in [-0.05, 0) is 25.0 Å². The topological polar surface area (TPSA) is 46.5 Å². The first-order chi connectivity index (χ1) is 9.77. The molecule has 0 radical (unpaired) electrons. The summed E-state index contributed by atoms with van der Waals surface area (Å²) in [4.78, 5) is 10.3. The molecule has 0 amide bonds. The van der Waals surface area contributed by atoms with Gasteiger partial charge in [0.2, 0.25) is 0 Å². The smallest absolute Gasteiger partial charge is 0.303 e. The molecule has 0 fully saturated rings. The van der Waals surface area contributed by atoms with Crippen LogP contribution in [0.2, 0.25) is 0 Å². The van der Waals surface area contributed by atoms with Gasteiger partial charge in [0.15, 0.2) is 0 Å². The molecule has 0 unspecified atom stereocenters. The van der Waals surface area contributed by atoms with Crippen LogP contribution >= 0.6 is 11.8 Å². The predicted octanol–water partition coefficient (Wildman–Crippen LogP) is 4.74. The van der Waals surface area contributed by atoms with Crippen molar-refractivity contribution >= 4 is 17.7 Å². The van der Waals surface area contributed by atoms with Crippen LogP contribution in [0.1, 0.15) is 71.1 Å². The summed E-state index contributed by atoms with van der Waals surface area (Å²) in [6.07, 6.45) is 10.9. The van der Waals surface area contributed by atoms with Gasteiger partial charge in [0, 0.05) is 18.8 Å². The molecule has 0 atom stereocenters. The van der Waals surface area contributed by atoms with Gasteiger partial charge in [-0.3, -0.25) is 4.79 Å². The fraction of sp³-hybridized carbons (Fsp3) is 0.938. The van der Waals surface area contributed by atoms with Crippen LogP contribution in [0.5, 0.6) is 0 Å². The molecule has 1 N–H and O–H groups in total. The van der Waals surface area contributed by atoms with Crippen LogP contribution in [-0.2, 0) is 9.53 Å². The second kappa shape index (κ2) is 16.8. The first kappa shape index (κ1) is 19.8. The summed E-state index contributed by atoms with van der Waals surface area (Å²) >= 11 is 1.99. The van der Waals surface area contributed by atoms with Crippen LogP contribution in [0.4, 0.5) is 0 Å². The Morgan fingerprint density at radius 3 is 2.30 bits per heavy atom. The lowest BCUT2D eigenvalue weighted by molar-refractivity contribution is -0.137. The molecule has 0 aliphatic heterocycles. The molecule has 0 spiro atoms. The van der Waals surface area contributed by atoms with Crippen molar-refractivity contribution < 1.29 is 14.6 Å². The molecule has 4 heteroatoms. The van der Waals surface area contributed by atoms with Gasteiger partial charge in [-0.25, -0.2) is 0 Å². The summed E-state index contributed by atoms with van der Waals surface area (Å²) in [5, 5.41) is 8.50. The number of hydrogen-bond acceptors (Lipinski definition) is 3. The Bertz CT molecular complexity index is 210. The molecule has 0 aromatic carbocycles. The third kappa shape index (κ3) is 17.8. The quantitative estimate of drug-likeness (QED) is 0.418. The lowest BCUT2D eigenvalue weighted by Crippen LogP contribution is -1.99. The van der Waals surface area contributed by atoms with Crippen molar-refractivity contribution in [2.45, 2.75) is 71.1 Å². The number of unbranched alkanes of at least 4 members (excludes halogenated alkanes) is 7. The number of ether oxygens (including phenoxy) is 1. The molecule has 0 heterocycles. The zero-order chi connectivity index (χ0) is 14.9. The Hall–Kier alpha value is -0.220. The zero-order valence-electron chi connectivity index (χ0n) is 13.1.